The molecular formula is C13H17ClFN3O3. The van der Waals surface area contributed by atoms with Crippen LogP contribution in [-0.4, -0.2) is 40.9 Å². The summed E-state index contributed by atoms with van der Waals surface area (Å²) in [6, 6.07) is 2.95. The topological polar surface area (TPSA) is 75.5 Å². The zero-order valence-electron chi connectivity index (χ0n) is 11.7. The van der Waals surface area contributed by atoms with Crippen LogP contribution in [-0.2, 0) is 0 Å². The maximum atomic E-state index is 13.3. The summed E-state index contributed by atoms with van der Waals surface area (Å²) in [5.41, 5.74) is -0.564. The summed E-state index contributed by atoms with van der Waals surface area (Å²) in [6.07, 6.45) is 0. The fourth-order valence-electron chi connectivity index (χ4n) is 2.30. The SMILES string of the molecule is CC1CN(C(=O)c2cc(F)ccc2[N+](=O)[O-])C(C)CN1.Cl. The average Bonchev–Trinajstić information content (AvgIpc) is 2.40. The molecule has 21 heavy (non-hydrogen) atoms. The van der Waals surface area contributed by atoms with Crippen LogP contribution in [0.3, 0.4) is 0 Å². The summed E-state index contributed by atoms with van der Waals surface area (Å²) in [4.78, 5) is 24.3. The molecule has 2 unspecified atom stereocenters. The Morgan fingerprint density at radius 1 is 1.48 bits per heavy atom. The van der Waals surface area contributed by atoms with E-state index < -0.39 is 16.6 Å². The molecule has 116 valence electrons. The van der Waals surface area contributed by atoms with E-state index in [4.69, 9.17) is 0 Å². The van der Waals surface area contributed by atoms with Gasteiger partial charge in [-0.3, -0.25) is 14.9 Å². The largest absolute Gasteiger partial charge is 0.333 e. The van der Waals surface area contributed by atoms with E-state index in [0.29, 0.717) is 13.1 Å². The van der Waals surface area contributed by atoms with Crippen LogP contribution >= 0.6 is 12.4 Å². The van der Waals surface area contributed by atoms with E-state index in [0.717, 1.165) is 18.2 Å². The number of hydrogen-bond acceptors (Lipinski definition) is 4. The van der Waals surface area contributed by atoms with E-state index in [1.165, 1.54) is 0 Å². The molecule has 0 aromatic heterocycles. The first-order chi connectivity index (χ1) is 9.40. The molecule has 0 bridgehead atoms. The second-order valence-electron chi connectivity index (χ2n) is 5.03. The summed E-state index contributed by atoms with van der Waals surface area (Å²) in [6.45, 7) is 4.82. The predicted octanol–water partition coefficient (Wildman–Crippen LogP) is 1.98. The zero-order valence-corrected chi connectivity index (χ0v) is 12.5. The minimum Gasteiger partial charge on any atom is -0.333 e. The first-order valence-corrected chi connectivity index (χ1v) is 6.38. The Bertz CT molecular complexity index is 555. The number of amides is 1. The van der Waals surface area contributed by atoms with Crippen molar-refractivity contribution in [1.29, 1.82) is 0 Å². The highest BCUT2D eigenvalue weighted by atomic mass is 35.5. The van der Waals surface area contributed by atoms with Gasteiger partial charge in [0.1, 0.15) is 11.4 Å². The Hall–Kier alpha value is -1.73. The number of hydrogen-bond donors (Lipinski definition) is 1. The average molecular weight is 318 g/mol. The van der Waals surface area contributed by atoms with E-state index in [2.05, 4.69) is 5.32 Å². The van der Waals surface area contributed by atoms with Gasteiger partial charge in [0.15, 0.2) is 0 Å². The Morgan fingerprint density at radius 3 is 2.76 bits per heavy atom. The molecule has 2 rings (SSSR count). The fraction of sp³-hybridized carbons (Fsp3) is 0.462. The molecule has 1 aromatic carbocycles. The Kier molecular flexibility index (Phi) is 5.62. The van der Waals surface area contributed by atoms with Gasteiger partial charge < -0.3 is 10.2 Å². The van der Waals surface area contributed by atoms with Gasteiger partial charge in [-0.15, -0.1) is 12.4 Å². The molecule has 6 nitrogen and oxygen atoms in total. The third-order valence-electron chi connectivity index (χ3n) is 3.41. The minimum absolute atomic E-state index is 0. The molecule has 1 aliphatic heterocycles. The number of rotatable bonds is 2. The number of nitrogens with zero attached hydrogens (tertiary/aromatic N) is 2. The van der Waals surface area contributed by atoms with Gasteiger partial charge in [-0.05, 0) is 26.0 Å². The lowest BCUT2D eigenvalue weighted by Gasteiger charge is -2.37. The Labute approximate surface area is 127 Å². The number of carbonyl (C=O) groups is 1. The van der Waals surface area contributed by atoms with Crippen molar-refractivity contribution in [3.63, 3.8) is 0 Å². The van der Waals surface area contributed by atoms with Crippen LogP contribution in [0.4, 0.5) is 10.1 Å². The molecule has 1 fully saturated rings. The summed E-state index contributed by atoms with van der Waals surface area (Å²) in [5, 5.41) is 14.2. The molecular weight excluding hydrogens is 301 g/mol. The standard InChI is InChI=1S/C13H16FN3O3.ClH/c1-8-7-16(9(2)6-15-8)13(18)11-5-10(14)3-4-12(11)17(19)20;/h3-5,8-9,15H,6-7H2,1-2H3;1H. The van der Waals surface area contributed by atoms with Crippen molar-refractivity contribution in [1.82, 2.24) is 10.2 Å². The summed E-state index contributed by atoms with van der Waals surface area (Å²) < 4.78 is 13.3. The highest BCUT2D eigenvalue weighted by molar-refractivity contribution is 5.98. The number of benzene rings is 1. The lowest BCUT2D eigenvalue weighted by molar-refractivity contribution is -0.385. The normalized spacial score (nSPS) is 21.6. The monoisotopic (exact) mass is 317 g/mol. The molecule has 0 spiro atoms. The summed E-state index contributed by atoms with van der Waals surface area (Å²) >= 11 is 0. The molecule has 1 aromatic rings. The van der Waals surface area contributed by atoms with Gasteiger partial charge in [0.25, 0.3) is 11.6 Å². The predicted molar refractivity (Wildman–Crippen MR) is 78.3 cm³/mol. The van der Waals surface area contributed by atoms with Gasteiger partial charge >= 0.3 is 0 Å². The van der Waals surface area contributed by atoms with E-state index in [1.807, 2.05) is 13.8 Å². The quantitative estimate of drug-likeness (QED) is 0.668. The van der Waals surface area contributed by atoms with Crippen LogP contribution in [0.5, 0.6) is 0 Å². The molecule has 1 aliphatic rings. The van der Waals surface area contributed by atoms with E-state index in [-0.39, 0.29) is 35.7 Å². The van der Waals surface area contributed by atoms with E-state index in [9.17, 15) is 19.3 Å². The third-order valence-corrected chi connectivity index (χ3v) is 3.41. The maximum Gasteiger partial charge on any atom is 0.282 e. The molecule has 1 amide bonds. The molecule has 0 saturated carbocycles. The summed E-state index contributed by atoms with van der Waals surface area (Å²) in [7, 11) is 0. The van der Waals surface area contributed by atoms with Gasteiger partial charge in [0, 0.05) is 31.2 Å². The van der Waals surface area contributed by atoms with Crippen molar-refractivity contribution in [2.45, 2.75) is 25.9 Å². The van der Waals surface area contributed by atoms with Crippen LogP contribution < -0.4 is 5.32 Å². The molecule has 8 heteroatoms. The van der Waals surface area contributed by atoms with Crippen molar-refractivity contribution in [3.8, 4) is 0 Å². The minimum atomic E-state index is -0.664. The van der Waals surface area contributed by atoms with E-state index >= 15 is 0 Å². The van der Waals surface area contributed by atoms with Crippen LogP contribution in [0.15, 0.2) is 18.2 Å². The number of carbonyl (C=O) groups excluding carboxylic acids is 1. The first-order valence-electron chi connectivity index (χ1n) is 6.38. The van der Waals surface area contributed by atoms with Gasteiger partial charge in [0.05, 0.1) is 4.92 Å². The first kappa shape index (κ1) is 17.3. The molecule has 0 radical (unpaired) electrons. The van der Waals surface area contributed by atoms with Crippen LogP contribution in [0.25, 0.3) is 0 Å². The third kappa shape index (κ3) is 3.68. The molecule has 1 N–H and O–H groups in total. The van der Waals surface area contributed by atoms with Crippen molar-refractivity contribution < 1.29 is 14.1 Å². The van der Waals surface area contributed by atoms with Crippen molar-refractivity contribution >= 4 is 24.0 Å². The summed E-state index contributed by atoms with van der Waals surface area (Å²) in [5.74, 6) is -1.16. The van der Waals surface area contributed by atoms with Crippen LogP contribution in [0, 0.1) is 15.9 Å². The lowest BCUT2D eigenvalue weighted by Crippen LogP contribution is -2.56. The number of halogens is 2. The van der Waals surface area contributed by atoms with Crippen molar-refractivity contribution in [2.24, 2.45) is 0 Å². The number of nitro benzene ring substituents is 1. The number of nitro groups is 1. The van der Waals surface area contributed by atoms with Gasteiger partial charge in [-0.2, -0.15) is 0 Å². The molecule has 2 atom stereocenters. The second kappa shape index (κ2) is 6.82. The van der Waals surface area contributed by atoms with Crippen molar-refractivity contribution in [3.05, 3.63) is 39.7 Å². The number of piperazine rings is 1. The van der Waals surface area contributed by atoms with E-state index in [1.54, 1.807) is 4.90 Å². The smallest absolute Gasteiger partial charge is 0.282 e. The molecule has 1 heterocycles. The lowest BCUT2D eigenvalue weighted by atomic mass is 10.1. The maximum absolute atomic E-state index is 13.3. The zero-order chi connectivity index (χ0) is 14.9. The fourth-order valence-corrected chi connectivity index (χ4v) is 2.30. The van der Waals surface area contributed by atoms with Crippen LogP contribution in [0.1, 0.15) is 24.2 Å². The molecule has 0 aliphatic carbocycles. The second-order valence-corrected chi connectivity index (χ2v) is 5.03. The highest BCUT2D eigenvalue weighted by Gasteiger charge is 2.31. The highest BCUT2D eigenvalue weighted by Crippen LogP contribution is 2.23. The van der Waals surface area contributed by atoms with Gasteiger partial charge in [0.2, 0.25) is 0 Å². The number of nitrogens with one attached hydrogen (secondary N) is 1. The van der Waals surface area contributed by atoms with Crippen LogP contribution in [0.2, 0.25) is 0 Å². The van der Waals surface area contributed by atoms with Crippen molar-refractivity contribution in [2.75, 3.05) is 13.1 Å². The molecule has 1 saturated heterocycles. The Morgan fingerprint density at radius 2 is 2.14 bits per heavy atom. The van der Waals surface area contributed by atoms with Gasteiger partial charge in [-0.25, -0.2) is 4.39 Å². The van der Waals surface area contributed by atoms with Gasteiger partial charge in [-0.1, -0.05) is 0 Å². The Balaban J connectivity index is 0.00000220.